The van der Waals surface area contributed by atoms with Crippen LogP contribution in [-0.2, 0) is 12.2 Å². The second-order valence-electron chi connectivity index (χ2n) is 5.39. The minimum absolute atomic E-state index is 0.135. The summed E-state index contributed by atoms with van der Waals surface area (Å²) in [5.41, 5.74) is 0.135. The van der Waals surface area contributed by atoms with E-state index in [9.17, 15) is 0 Å². The molecule has 0 amide bonds. The maximum Gasteiger partial charge on any atom is 0.227 e. The predicted octanol–water partition coefficient (Wildman–Crippen LogP) is 2.64. The molecule has 1 aromatic heterocycles. The van der Waals surface area contributed by atoms with E-state index in [2.05, 4.69) is 50.1 Å². The van der Waals surface area contributed by atoms with Crippen LogP contribution < -0.4 is 5.32 Å². The summed E-state index contributed by atoms with van der Waals surface area (Å²) < 4.78 is 5.20. The van der Waals surface area contributed by atoms with Crippen molar-refractivity contribution in [1.29, 1.82) is 0 Å². The van der Waals surface area contributed by atoms with E-state index in [0.29, 0.717) is 5.25 Å². The molecule has 0 fully saturated rings. The lowest BCUT2D eigenvalue weighted by atomic mass is 10.1. The maximum absolute atomic E-state index is 5.20. The van der Waals surface area contributed by atoms with Crippen LogP contribution in [0.5, 0.6) is 0 Å². The van der Waals surface area contributed by atoms with Crippen LogP contribution in [0.4, 0.5) is 0 Å². The summed E-state index contributed by atoms with van der Waals surface area (Å²) in [5.74, 6) is 2.35. The summed E-state index contributed by atoms with van der Waals surface area (Å²) >= 11 is 1.83. The van der Waals surface area contributed by atoms with Crippen LogP contribution >= 0.6 is 11.8 Å². The van der Waals surface area contributed by atoms with Crippen molar-refractivity contribution in [1.82, 2.24) is 15.5 Å². The third-order valence-corrected chi connectivity index (χ3v) is 3.14. The fraction of sp³-hybridized carbons (Fsp3) is 0.833. The molecule has 0 aliphatic rings. The Morgan fingerprint density at radius 1 is 1.35 bits per heavy atom. The van der Waals surface area contributed by atoms with Crippen molar-refractivity contribution in [2.24, 2.45) is 0 Å². The largest absolute Gasteiger partial charge is 0.339 e. The molecular weight excluding hydrogens is 234 g/mol. The molecule has 0 aliphatic heterocycles. The fourth-order valence-electron chi connectivity index (χ4n) is 1.24. The Morgan fingerprint density at radius 3 is 2.65 bits per heavy atom. The van der Waals surface area contributed by atoms with E-state index in [-0.39, 0.29) is 5.54 Å². The molecule has 4 nitrogen and oxygen atoms in total. The van der Waals surface area contributed by atoms with Crippen LogP contribution in [0, 0.1) is 0 Å². The normalized spacial score (nSPS) is 12.4. The van der Waals surface area contributed by atoms with Crippen molar-refractivity contribution in [2.75, 3.05) is 6.54 Å². The summed E-state index contributed by atoms with van der Waals surface area (Å²) in [4.78, 5) is 4.36. The van der Waals surface area contributed by atoms with Gasteiger partial charge < -0.3 is 9.84 Å². The zero-order chi connectivity index (χ0) is 12.9. The SMILES string of the molecule is CC(C)SCc1noc(CCNC(C)(C)C)n1. The van der Waals surface area contributed by atoms with Gasteiger partial charge in [-0.15, -0.1) is 0 Å². The first-order valence-corrected chi connectivity index (χ1v) is 7.10. The van der Waals surface area contributed by atoms with E-state index in [0.717, 1.165) is 30.4 Å². The molecule has 98 valence electrons. The fourth-order valence-corrected chi connectivity index (χ4v) is 1.84. The van der Waals surface area contributed by atoms with Crippen molar-refractivity contribution in [2.45, 2.75) is 57.6 Å². The molecule has 0 atom stereocenters. The van der Waals surface area contributed by atoms with Crippen molar-refractivity contribution in [3.05, 3.63) is 11.7 Å². The molecule has 0 saturated carbocycles. The Hall–Kier alpha value is -0.550. The van der Waals surface area contributed by atoms with Gasteiger partial charge in [-0.1, -0.05) is 19.0 Å². The van der Waals surface area contributed by atoms with Crippen LogP contribution in [0.15, 0.2) is 4.52 Å². The van der Waals surface area contributed by atoms with Gasteiger partial charge in [-0.3, -0.25) is 0 Å². The van der Waals surface area contributed by atoms with Gasteiger partial charge in [-0.05, 0) is 26.0 Å². The van der Waals surface area contributed by atoms with E-state index < -0.39 is 0 Å². The number of nitrogens with one attached hydrogen (secondary N) is 1. The summed E-state index contributed by atoms with van der Waals surface area (Å²) in [7, 11) is 0. The average Bonchev–Trinajstić information content (AvgIpc) is 2.61. The van der Waals surface area contributed by atoms with Gasteiger partial charge in [0.2, 0.25) is 5.89 Å². The van der Waals surface area contributed by atoms with Crippen LogP contribution in [0.3, 0.4) is 0 Å². The van der Waals surface area contributed by atoms with E-state index in [1.54, 1.807) is 0 Å². The summed E-state index contributed by atoms with van der Waals surface area (Å²) in [6.07, 6.45) is 0.788. The number of aromatic nitrogens is 2. The monoisotopic (exact) mass is 257 g/mol. The van der Waals surface area contributed by atoms with Crippen molar-refractivity contribution in [3.63, 3.8) is 0 Å². The van der Waals surface area contributed by atoms with Crippen LogP contribution in [0.1, 0.15) is 46.3 Å². The molecule has 1 aromatic rings. The first kappa shape index (κ1) is 14.5. The Morgan fingerprint density at radius 2 is 2.06 bits per heavy atom. The Labute approximate surface area is 108 Å². The standard InChI is InChI=1S/C12H23N3OS/c1-9(2)17-8-10-14-11(16-15-10)6-7-13-12(3,4)5/h9,13H,6-8H2,1-5H3. The van der Waals surface area contributed by atoms with E-state index in [1.807, 2.05) is 11.8 Å². The summed E-state index contributed by atoms with van der Waals surface area (Å²) in [5, 5.41) is 7.96. The minimum atomic E-state index is 0.135. The Bertz CT molecular complexity index is 331. The lowest BCUT2D eigenvalue weighted by Crippen LogP contribution is -2.37. The molecule has 5 heteroatoms. The average molecular weight is 257 g/mol. The molecular formula is C12H23N3OS. The third-order valence-electron chi connectivity index (χ3n) is 2.05. The lowest BCUT2D eigenvalue weighted by molar-refractivity contribution is 0.359. The van der Waals surface area contributed by atoms with Gasteiger partial charge in [0.05, 0.1) is 5.75 Å². The minimum Gasteiger partial charge on any atom is -0.339 e. The van der Waals surface area contributed by atoms with Crippen molar-refractivity contribution < 1.29 is 4.52 Å². The topological polar surface area (TPSA) is 51.0 Å². The molecule has 0 radical (unpaired) electrons. The van der Waals surface area contributed by atoms with Gasteiger partial charge in [0.25, 0.3) is 0 Å². The number of nitrogens with zero attached hydrogens (tertiary/aromatic N) is 2. The van der Waals surface area contributed by atoms with Gasteiger partial charge >= 0.3 is 0 Å². The summed E-state index contributed by atoms with van der Waals surface area (Å²) in [6.45, 7) is 11.6. The van der Waals surface area contributed by atoms with Gasteiger partial charge in [-0.25, -0.2) is 0 Å². The molecule has 1 heterocycles. The van der Waals surface area contributed by atoms with Gasteiger partial charge in [0.1, 0.15) is 0 Å². The highest BCUT2D eigenvalue weighted by Gasteiger charge is 2.10. The van der Waals surface area contributed by atoms with E-state index in [1.165, 1.54) is 0 Å². The molecule has 1 rings (SSSR count). The predicted molar refractivity (Wildman–Crippen MR) is 72.2 cm³/mol. The first-order valence-electron chi connectivity index (χ1n) is 6.05. The Balaban J connectivity index is 2.31. The quantitative estimate of drug-likeness (QED) is 0.849. The number of thioether (sulfide) groups is 1. The zero-order valence-electron chi connectivity index (χ0n) is 11.4. The number of hydrogen-bond acceptors (Lipinski definition) is 5. The highest BCUT2D eigenvalue weighted by molar-refractivity contribution is 7.99. The van der Waals surface area contributed by atoms with Crippen molar-refractivity contribution >= 4 is 11.8 Å². The molecule has 0 saturated heterocycles. The number of rotatable bonds is 6. The maximum atomic E-state index is 5.20. The second-order valence-corrected chi connectivity index (χ2v) is 6.96. The van der Waals surface area contributed by atoms with Gasteiger partial charge in [0, 0.05) is 18.5 Å². The van der Waals surface area contributed by atoms with Crippen LogP contribution in [-0.4, -0.2) is 27.5 Å². The molecule has 0 aromatic carbocycles. The highest BCUT2D eigenvalue weighted by Crippen LogP contribution is 2.14. The van der Waals surface area contributed by atoms with Crippen LogP contribution in [0.25, 0.3) is 0 Å². The molecule has 0 bridgehead atoms. The van der Waals surface area contributed by atoms with Crippen molar-refractivity contribution in [3.8, 4) is 0 Å². The van der Waals surface area contributed by atoms with Gasteiger partial charge in [-0.2, -0.15) is 16.7 Å². The second kappa shape index (κ2) is 6.40. The summed E-state index contributed by atoms with van der Waals surface area (Å²) in [6, 6.07) is 0. The lowest BCUT2D eigenvalue weighted by Gasteiger charge is -2.19. The molecule has 17 heavy (non-hydrogen) atoms. The zero-order valence-corrected chi connectivity index (χ0v) is 12.2. The first-order chi connectivity index (χ1) is 7.87. The molecule has 0 spiro atoms. The molecule has 0 unspecified atom stereocenters. The molecule has 0 aliphatic carbocycles. The van der Waals surface area contributed by atoms with E-state index in [4.69, 9.17) is 4.52 Å². The molecule has 1 N–H and O–H groups in total. The smallest absolute Gasteiger partial charge is 0.227 e. The highest BCUT2D eigenvalue weighted by atomic mass is 32.2. The van der Waals surface area contributed by atoms with Gasteiger partial charge in [0.15, 0.2) is 5.82 Å². The Kier molecular flexibility index (Phi) is 5.46. The van der Waals surface area contributed by atoms with Crippen LogP contribution in [0.2, 0.25) is 0 Å². The third kappa shape index (κ3) is 6.68. The number of hydrogen-bond donors (Lipinski definition) is 1. The van der Waals surface area contributed by atoms with E-state index >= 15 is 0 Å².